The number of carboxylic acid groups (broad SMARTS) is 2. The Labute approximate surface area is 108 Å². The van der Waals surface area contributed by atoms with Crippen molar-refractivity contribution in [2.75, 3.05) is 0 Å². The van der Waals surface area contributed by atoms with Crippen LogP contribution in [0.2, 0.25) is 0 Å². The van der Waals surface area contributed by atoms with Gasteiger partial charge in [-0.1, -0.05) is 0 Å². The van der Waals surface area contributed by atoms with Crippen LogP contribution in [-0.4, -0.2) is 34.2 Å². The summed E-state index contributed by atoms with van der Waals surface area (Å²) in [7, 11) is 0. The second-order valence-electron chi connectivity index (χ2n) is 3.84. The molecule has 1 aromatic rings. The van der Waals surface area contributed by atoms with E-state index in [4.69, 9.17) is 14.6 Å². The van der Waals surface area contributed by atoms with Gasteiger partial charge >= 0.3 is 18.0 Å². The Morgan fingerprint density at radius 1 is 1.32 bits per heavy atom. The van der Waals surface area contributed by atoms with Crippen LogP contribution < -0.4 is 10.6 Å². The molecule has 0 aliphatic carbocycles. The van der Waals surface area contributed by atoms with Crippen molar-refractivity contribution >= 4 is 18.0 Å². The topological polar surface area (TPSA) is 129 Å². The van der Waals surface area contributed by atoms with Gasteiger partial charge in [-0.05, 0) is 19.1 Å². The Hall–Kier alpha value is -2.51. The molecule has 104 valence electrons. The zero-order chi connectivity index (χ0) is 14.4. The molecule has 0 bridgehead atoms. The van der Waals surface area contributed by atoms with E-state index in [0.29, 0.717) is 5.76 Å². The van der Waals surface area contributed by atoms with Crippen molar-refractivity contribution in [2.45, 2.75) is 25.4 Å². The van der Waals surface area contributed by atoms with Crippen LogP contribution in [0.1, 0.15) is 25.1 Å². The molecule has 0 aliphatic rings. The first kappa shape index (κ1) is 14.6. The molecule has 19 heavy (non-hydrogen) atoms. The van der Waals surface area contributed by atoms with E-state index >= 15 is 0 Å². The average Bonchev–Trinajstić information content (AvgIpc) is 2.80. The summed E-state index contributed by atoms with van der Waals surface area (Å²) in [4.78, 5) is 32.7. The second-order valence-corrected chi connectivity index (χ2v) is 3.84. The van der Waals surface area contributed by atoms with Crippen molar-refractivity contribution in [2.24, 2.45) is 0 Å². The highest BCUT2D eigenvalue weighted by atomic mass is 16.4. The van der Waals surface area contributed by atoms with Gasteiger partial charge in [0.1, 0.15) is 11.8 Å². The summed E-state index contributed by atoms with van der Waals surface area (Å²) >= 11 is 0. The smallest absolute Gasteiger partial charge is 0.326 e. The number of urea groups is 1. The molecule has 4 N–H and O–H groups in total. The Morgan fingerprint density at radius 3 is 2.47 bits per heavy atom. The number of hydrogen-bond acceptors (Lipinski definition) is 4. The fourth-order valence-electron chi connectivity index (χ4n) is 1.38. The van der Waals surface area contributed by atoms with E-state index < -0.39 is 36.5 Å². The molecular formula is C11H14N2O6. The molecule has 1 aromatic heterocycles. The zero-order valence-electron chi connectivity index (χ0n) is 10.1. The van der Waals surface area contributed by atoms with E-state index in [-0.39, 0.29) is 0 Å². The third-order valence-corrected chi connectivity index (χ3v) is 2.30. The van der Waals surface area contributed by atoms with Gasteiger partial charge in [-0.25, -0.2) is 9.59 Å². The summed E-state index contributed by atoms with van der Waals surface area (Å²) in [5.74, 6) is -2.23. The highest BCUT2D eigenvalue weighted by Gasteiger charge is 2.23. The molecule has 0 fully saturated rings. The standard InChI is InChI=1S/C11H14N2O6/c1-6(8-3-2-4-19-8)12-11(18)13-7(10(16)17)5-9(14)15/h2-4,6-7H,5H2,1H3,(H,14,15)(H,16,17)(H2,12,13,18)/t6?,7-/m1/s1. The average molecular weight is 270 g/mol. The molecule has 2 amide bonds. The van der Waals surface area contributed by atoms with Gasteiger partial charge in [0.15, 0.2) is 0 Å². The molecular weight excluding hydrogens is 256 g/mol. The third-order valence-electron chi connectivity index (χ3n) is 2.30. The molecule has 0 saturated carbocycles. The van der Waals surface area contributed by atoms with Gasteiger partial charge in [0, 0.05) is 0 Å². The largest absolute Gasteiger partial charge is 0.481 e. The van der Waals surface area contributed by atoms with Gasteiger partial charge in [-0.2, -0.15) is 0 Å². The number of aliphatic carboxylic acids is 2. The van der Waals surface area contributed by atoms with Crippen molar-refractivity contribution in [3.8, 4) is 0 Å². The van der Waals surface area contributed by atoms with E-state index in [0.717, 1.165) is 0 Å². The number of carbonyl (C=O) groups is 3. The number of furan rings is 1. The van der Waals surface area contributed by atoms with Crippen molar-refractivity contribution in [3.63, 3.8) is 0 Å². The van der Waals surface area contributed by atoms with Crippen molar-refractivity contribution in [1.82, 2.24) is 10.6 Å². The normalized spacial score (nSPS) is 13.3. The summed E-state index contributed by atoms with van der Waals surface area (Å²) < 4.78 is 5.06. The lowest BCUT2D eigenvalue weighted by Gasteiger charge is -2.16. The molecule has 8 heteroatoms. The maximum atomic E-state index is 11.5. The van der Waals surface area contributed by atoms with Gasteiger partial charge in [-0.3, -0.25) is 4.79 Å². The highest BCUT2D eigenvalue weighted by molar-refractivity contribution is 5.86. The molecule has 0 aromatic carbocycles. The Balaban J connectivity index is 2.53. The van der Waals surface area contributed by atoms with Gasteiger partial charge in [0.25, 0.3) is 0 Å². The zero-order valence-corrected chi connectivity index (χ0v) is 10.1. The van der Waals surface area contributed by atoms with Crippen LogP contribution >= 0.6 is 0 Å². The number of hydrogen-bond donors (Lipinski definition) is 4. The van der Waals surface area contributed by atoms with Crippen LogP contribution in [0.3, 0.4) is 0 Å². The second kappa shape index (κ2) is 6.43. The molecule has 0 radical (unpaired) electrons. The predicted octanol–water partition coefficient (Wildman–Crippen LogP) is 0.568. The van der Waals surface area contributed by atoms with Crippen LogP contribution in [0.4, 0.5) is 4.79 Å². The number of carbonyl (C=O) groups excluding carboxylic acids is 1. The van der Waals surface area contributed by atoms with Crippen molar-refractivity contribution in [1.29, 1.82) is 0 Å². The minimum Gasteiger partial charge on any atom is -0.481 e. The van der Waals surface area contributed by atoms with Crippen LogP contribution in [0, 0.1) is 0 Å². The fourth-order valence-corrected chi connectivity index (χ4v) is 1.38. The van der Waals surface area contributed by atoms with Gasteiger partial charge in [0.2, 0.25) is 0 Å². The first-order chi connectivity index (χ1) is 8.90. The van der Waals surface area contributed by atoms with Crippen LogP contribution in [0.25, 0.3) is 0 Å². The first-order valence-electron chi connectivity index (χ1n) is 5.45. The Bertz CT molecular complexity index is 456. The van der Waals surface area contributed by atoms with E-state index in [1.54, 1.807) is 19.1 Å². The maximum absolute atomic E-state index is 11.5. The molecule has 1 unspecified atom stereocenters. The quantitative estimate of drug-likeness (QED) is 0.598. The first-order valence-corrected chi connectivity index (χ1v) is 5.45. The minimum atomic E-state index is -1.48. The van der Waals surface area contributed by atoms with E-state index in [1.807, 2.05) is 0 Å². The third kappa shape index (κ3) is 4.70. The van der Waals surface area contributed by atoms with Crippen LogP contribution in [-0.2, 0) is 9.59 Å². The minimum absolute atomic E-state index is 0.464. The van der Waals surface area contributed by atoms with E-state index in [2.05, 4.69) is 10.6 Å². The summed E-state index contributed by atoms with van der Waals surface area (Å²) in [6, 6.07) is 0.570. The van der Waals surface area contributed by atoms with Crippen LogP contribution in [0.15, 0.2) is 22.8 Å². The Morgan fingerprint density at radius 2 is 2.00 bits per heavy atom. The molecule has 1 heterocycles. The molecule has 2 atom stereocenters. The number of carboxylic acids is 2. The Kier molecular flexibility index (Phi) is 4.92. The fraction of sp³-hybridized carbons (Fsp3) is 0.364. The van der Waals surface area contributed by atoms with Crippen molar-refractivity contribution in [3.05, 3.63) is 24.2 Å². The van der Waals surface area contributed by atoms with E-state index in [9.17, 15) is 14.4 Å². The lowest BCUT2D eigenvalue weighted by atomic mass is 10.2. The number of nitrogens with one attached hydrogen (secondary N) is 2. The highest BCUT2D eigenvalue weighted by Crippen LogP contribution is 2.11. The van der Waals surface area contributed by atoms with Gasteiger partial charge < -0.3 is 25.3 Å². The summed E-state index contributed by atoms with van der Waals surface area (Å²) in [5.41, 5.74) is 0. The van der Waals surface area contributed by atoms with Gasteiger partial charge in [-0.15, -0.1) is 0 Å². The summed E-state index contributed by atoms with van der Waals surface area (Å²) in [6.07, 6.45) is 0.744. The number of amides is 2. The number of rotatable bonds is 6. The molecule has 8 nitrogen and oxygen atoms in total. The summed E-state index contributed by atoms with van der Waals surface area (Å²) in [6.45, 7) is 1.64. The lowest BCUT2D eigenvalue weighted by Crippen LogP contribution is -2.47. The maximum Gasteiger partial charge on any atom is 0.326 e. The predicted molar refractivity (Wildman–Crippen MR) is 62.5 cm³/mol. The SMILES string of the molecule is CC(NC(=O)N[C@H](CC(=O)O)C(=O)O)c1ccco1. The van der Waals surface area contributed by atoms with Crippen LogP contribution in [0.5, 0.6) is 0 Å². The van der Waals surface area contributed by atoms with Crippen molar-refractivity contribution < 1.29 is 29.0 Å². The van der Waals surface area contributed by atoms with Gasteiger partial charge in [0.05, 0.1) is 18.7 Å². The molecule has 0 saturated heterocycles. The molecule has 0 aliphatic heterocycles. The monoisotopic (exact) mass is 270 g/mol. The summed E-state index contributed by atoms with van der Waals surface area (Å²) in [5, 5.41) is 21.8. The van der Waals surface area contributed by atoms with E-state index in [1.165, 1.54) is 6.26 Å². The lowest BCUT2D eigenvalue weighted by molar-refractivity contribution is -0.145. The molecule has 1 rings (SSSR count). The molecule has 0 spiro atoms.